The summed E-state index contributed by atoms with van der Waals surface area (Å²) in [5.41, 5.74) is 10.2. The van der Waals surface area contributed by atoms with E-state index in [1.165, 1.54) is 0 Å². The molecular weight excluding hydrogens is 568 g/mol. The van der Waals surface area contributed by atoms with Crippen LogP contribution in [0.2, 0.25) is 5.02 Å². The Morgan fingerprint density at radius 3 is 2.58 bits per heavy atom. The number of amides is 1. The molecule has 2 aliphatic heterocycles. The van der Waals surface area contributed by atoms with E-state index >= 15 is 0 Å². The zero-order valence-electron chi connectivity index (χ0n) is 23.1. The molecule has 2 aliphatic rings. The first-order valence-electron chi connectivity index (χ1n) is 13.9. The number of anilines is 1. The molecule has 4 N–H and O–H groups in total. The van der Waals surface area contributed by atoms with Crippen LogP contribution in [0.15, 0.2) is 84.7 Å². The molecule has 6 rings (SSSR count). The number of nitrogens with two attached hydrogens (primary N) is 1. The summed E-state index contributed by atoms with van der Waals surface area (Å²) < 4.78 is 6.09. The van der Waals surface area contributed by atoms with Crippen LogP contribution < -0.4 is 15.8 Å². The number of rotatable bonds is 7. The van der Waals surface area contributed by atoms with E-state index in [1.54, 1.807) is 29.3 Å². The van der Waals surface area contributed by atoms with Gasteiger partial charge in [0.15, 0.2) is 5.82 Å². The number of dihydropyridines is 1. The van der Waals surface area contributed by atoms with Gasteiger partial charge in [0.2, 0.25) is 0 Å². The maximum atomic E-state index is 13.1. The van der Waals surface area contributed by atoms with Crippen LogP contribution in [0.3, 0.4) is 0 Å². The van der Waals surface area contributed by atoms with Crippen molar-refractivity contribution in [3.8, 4) is 28.4 Å². The van der Waals surface area contributed by atoms with Crippen molar-refractivity contribution in [2.45, 2.75) is 18.9 Å². The molecule has 1 unspecified atom stereocenters. The van der Waals surface area contributed by atoms with Crippen molar-refractivity contribution < 1.29 is 19.4 Å². The molecule has 0 radical (unpaired) electrons. The fourth-order valence-electron chi connectivity index (χ4n) is 5.30. The number of allylic oxidation sites excluding steroid dienone is 2. The van der Waals surface area contributed by atoms with Gasteiger partial charge in [-0.05, 0) is 37.1 Å². The second kappa shape index (κ2) is 12.1. The first-order valence-corrected chi connectivity index (χ1v) is 14.3. The zero-order chi connectivity index (χ0) is 29.9. The predicted octanol–water partition coefficient (Wildman–Crippen LogP) is 4.71. The molecule has 43 heavy (non-hydrogen) atoms. The summed E-state index contributed by atoms with van der Waals surface area (Å²) in [4.78, 5) is 40.0. The van der Waals surface area contributed by atoms with Gasteiger partial charge in [0.05, 0.1) is 28.2 Å². The summed E-state index contributed by atoms with van der Waals surface area (Å²) in [6.45, 7) is 0.933. The van der Waals surface area contributed by atoms with Gasteiger partial charge in [-0.1, -0.05) is 60.2 Å². The summed E-state index contributed by atoms with van der Waals surface area (Å²) in [5.74, 6) is -1.11. The quantitative estimate of drug-likeness (QED) is 0.276. The van der Waals surface area contributed by atoms with Crippen LogP contribution in [-0.2, 0) is 9.59 Å². The molecular formula is C32H29ClN6O4. The van der Waals surface area contributed by atoms with E-state index < -0.39 is 11.9 Å². The van der Waals surface area contributed by atoms with Gasteiger partial charge in [0.25, 0.3) is 11.8 Å². The number of hydrogen-bond donors (Lipinski definition) is 3. The number of hydrogen-bond acceptors (Lipinski definition) is 8. The topological polar surface area (TPSA) is 144 Å². The smallest absolute Gasteiger partial charge is 0.306 e. The van der Waals surface area contributed by atoms with Crippen molar-refractivity contribution in [1.29, 1.82) is 0 Å². The fourth-order valence-corrected chi connectivity index (χ4v) is 5.58. The molecule has 0 spiro atoms. The van der Waals surface area contributed by atoms with Crippen LogP contribution in [0.25, 0.3) is 33.4 Å². The van der Waals surface area contributed by atoms with Crippen molar-refractivity contribution >= 4 is 40.2 Å². The highest BCUT2D eigenvalue weighted by molar-refractivity contribution is 6.35. The van der Waals surface area contributed by atoms with Gasteiger partial charge in [-0.25, -0.2) is 9.97 Å². The zero-order valence-corrected chi connectivity index (χ0v) is 23.9. The highest BCUT2D eigenvalue weighted by Gasteiger charge is 2.29. The lowest BCUT2D eigenvalue weighted by molar-refractivity contribution is -0.145. The van der Waals surface area contributed by atoms with Crippen LogP contribution in [0.5, 0.6) is 5.88 Å². The van der Waals surface area contributed by atoms with E-state index in [0.29, 0.717) is 53.6 Å². The molecule has 0 aliphatic carbocycles. The predicted molar refractivity (Wildman–Crippen MR) is 164 cm³/mol. The third-order valence-corrected chi connectivity index (χ3v) is 7.86. The van der Waals surface area contributed by atoms with Gasteiger partial charge >= 0.3 is 5.97 Å². The Labute approximate surface area is 252 Å². The minimum atomic E-state index is -0.815. The number of aromatic nitrogens is 3. The van der Waals surface area contributed by atoms with Crippen molar-refractivity contribution in [2.24, 2.45) is 5.92 Å². The van der Waals surface area contributed by atoms with Crippen molar-refractivity contribution in [2.75, 3.05) is 25.4 Å². The number of nitrogens with zero attached hydrogens (tertiary/aromatic N) is 4. The van der Waals surface area contributed by atoms with Crippen LogP contribution in [-0.4, -0.2) is 62.6 Å². The average Bonchev–Trinajstić information content (AvgIpc) is 3.04. The number of carboxylic acid groups (broad SMARTS) is 1. The number of fused-ring (bicyclic) bond motifs is 1. The molecule has 4 aromatic rings. The maximum Gasteiger partial charge on any atom is 0.306 e. The van der Waals surface area contributed by atoms with E-state index in [2.05, 4.69) is 10.3 Å². The number of nitrogen functional groups attached to an aromatic ring is 1. The molecule has 1 fully saturated rings. The molecule has 218 valence electrons. The highest BCUT2D eigenvalue weighted by Crippen LogP contribution is 2.36. The van der Waals surface area contributed by atoms with Crippen molar-refractivity contribution in [3.05, 3.63) is 89.7 Å². The number of benzene rings is 2. The number of piperidine rings is 1. The first kappa shape index (κ1) is 28.2. The monoisotopic (exact) mass is 596 g/mol. The van der Waals surface area contributed by atoms with Gasteiger partial charge in [0.1, 0.15) is 18.0 Å². The first-order chi connectivity index (χ1) is 20.9. The van der Waals surface area contributed by atoms with Gasteiger partial charge in [0, 0.05) is 35.8 Å². The molecule has 1 saturated heterocycles. The number of carbonyl (C=O) groups is 2. The Kier molecular flexibility index (Phi) is 7.93. The lowest BCUT2D eigenvalue weighted by Gasteiger charge is -2.32. The highest BCUT2D eigenvalue weighted by atomic mass is 35.5. The van der Waals surface area contributed by atoms with E-state index in [1.807, 2.05) is 54.6 Å². The standard InChI is InChI=1S/C32H29ClN6O4/c33-24-17-22(16-21-8-5-13-35-26(21)24)28-27(19-6-2-1-3-7-19)37-29(34)30(38-28)43-18-23-9-4-10-25(36-23)31(40)39-14-11-20(12-15-39)32(41)42/h1-10,13,16-17,20,23,36H,11-12,14-15,18H2,(H2,34,37)(H,41,42). The van der Waals surface area contributed by atoms with Crippen molar-refractivity contribution in [3.63, 3.8) is 0 Å². The maximum absolute atomic E-state index is 13.1. The molecule has 1 amide bonds. The molecule has 1 atom stereocenters. The number of nitrogens with one attached hydrogen (secondary N) is 1. The molecule has 11 heteroatoms. The lowest BCUT2D eigenvalue weighted by Crippen LogP contribution is -2.45. The summed E-state index contributed by atoms with van der Waals surface area (Å²) >= 11 is 6.62. The number of carboxylic acids is 1. The Hall–Kier alpha value is -4.96. The number of ether oxygens (including phenoxy) is 1. The van der Waals surface area contributed by atoms with E-state index in [-0.39, 0.29) is 30.3 Å². The second-order valence-electron chi connectivity index (χ2n) is 10.4. The van der Waals surface area contributed by atoms with Gasteiger partial charge in [-0.3, -0.25) is 14.6 Å². The van der Waals surface area contributed by atoms with Crippen LogP contribution in [0.1, 0.15) is 12.8 Å². The Bertz CT molecular complexity index is 1750. The molecule has 0 saturated carbocycles. The van der Waals surface area contributed by atoms with Gasteiger partial charge < -0.3 is 25.8 Å². The molecule has 0 bridgehead atoms. The Morgan fingerprint density at radius 1 is 1.05 bits per heavy atom. The largest absolute Gasteiger partial charge is 0.481 e. The van der Waals surface area contributed by atoms with Crippen molar-refractivity contribution in [1.82, 2.24) is 25.2 Å². The van der Waals surface area contributed by atoms with E-state index in [0.717, 1.165) is 16.5 Å². The van der Waals surface area contributed by atoms with E-state index in [4.69, 9.17) is 32.0 Å². The van der Waals surface area contributed by atoms with Gasteiger partial charge in [-0.15, -0.1) is 0 Å². The minimum absolute atomic E-state index is 0.129. The number of halogens is 1. The number of carbonyl (C=O) groups excluding carboxylic acids is 1. The number of pyridine rings is 1. The van der Waals surface area contributed by atoms with Crippen LogP contribution >= 0.6 is 11.6 Å². The molecule has 10 nitrogen and oxygen atoms in total. The summed E-state index contributed by atoms with van der Waals surface area (Å²) in [7, 11) is 0. The third kappa shape index (κ3) is 6.00. The third-order valence-electron chi connectivity index (χ3n) is 7.58. The Morgan fingerprint density at radius 2 is 1.81 bits per heavy atom. The summed E-state index contributed by atoms with van der Waals surface area (Å²) in [6.07, 6.45) is 7.96. The molecule has 2 aromatic carbocycles. The number of aliphatic carboxylic acids is 1. The van der Waals surface area contributed by atoms with Crippen LogP contribution in [0.4, 0.5) is 5.82 Å². The lowest BCUT2D eigenvalue weighted by atomic mass is 9.97. The van der Waals surface area contributed by atoms with Crippen LogP contribution in [0, 0.1) is 5.92 Å². The van der Waals surface area contributed by atoms with Gasteiger partial charge in [-0.2, -0.15) is 0 Å². The second-order valence-corrected chi connectivity index (χ2v) is 10.8. The normalized spacial score (nSPS) is 16.9. The Balaban J connectivity index is 1.23. The minimum Gasteiger partial charge on any atom is -0.481 e. The summed E-state index contributed by atoms with van der Waals surface area (Å²) in [5, 5.41) is 13.8. The fraction of sp³-hybridized carbons (Fsp3) is 0.219. The molecule has 4 heterocycles. The van der Waals surface area contributed by atoms with E-state index in [9.17, 15) is 14.7 Å². The SMILES string of the molecule is Nc1nc(-c2ccccc2)c(-c2cc(Cl)c3ncccc3c2)nc1OCC1C=CC=C(C(=O)N2CCC(C(=O)O)CC2)N1. The summed E-state index contributed by atoms with van der Waals surface area (Å²) in [6, 6.07) is 16.8. The molecule has 2 aromatic heterocycles. The number of likely N-dealkylation sites (tertiary alicyclic amines) is 1. The average molecular weight is 597 g/mol.